The molecule has 4 aliphatic rings. The highest BCUT2D eigenvalue weighted by Gasteiger charge is 2.64. The van der Waals surface area contributed by atoms with Crippen molar-refractivity contribution < 1.29 is 14.3 Å². The molecule has 3 aliphatic carbocycles. The van der Waals surface area contributed by atoms with Crippen LogP contribution in [0, 0.1) is 18.3 Å². The van der Waals surface area contributed by atoms with Crippen LogP contribution in [0.5, 0.6) is 0 Å². The highest BCUT2D eigenvalue weighted by Crippen LogP contribution is 2.65. The average Bonchev–Trinajstić information content (AvgIpc) is 3.31. The molecule has 158 valence electrons. The van der Waals surface area contributed by atoms with Gasteiger partial charge in [0.25, 0.3) is 0 Å². The van der Waals surface area contributed by atoms with E-state index in [1.54, 1.807) is 11.1 Å². The van der Waals surface area contributed by atoms with Crippen molar-refractivity contribution in [3.63, 3.8) is 0 Å². The van der Waals surface area contributed by atoms with E-state index >= 15 is 0 Å². The number of benzene rings is 1. The molecule has 0 radical (unpaired) electrons. The molecule has 30 heavy (non-hydrogen) atoms. The van der Waals surface area contributed by atoms with Crippen LogP contribution >= 0.6 is 0 Å². The molecule has 0 N–H and O–H groups in total. The van der Waals surface area contributed by atoms with Gasteiger partial charge < -0.3 is 9.47 Å². The zero-order valence-corrected chi connectivity index (χ0v) is 18.6. The van der Waals surface area contributed by atoms with Crippen molar-refractivity contribution in [1.82, 2.24) is 0 Å². The lowest BCUT2D eigenvalue weighted by Crippen LogP contribution is -2.34. The summed E-state index contributed by atoms with van der Waals surface area (Å²) in [5.74, 6) is 0.321. The van der Waals surface area contributed by atoms with Gasteiger partial charge in [0.05, 0.1) is 11.7 Å². The van der Waals surface area contributed by atoms with E-state index < -0.39 is 0 Å². The number of fused-ring (bicyclic) bond motifs is 2. The highest BCUT2D eigenvalue weighted by atomic mass is 16.6. The van der Waals surface area contributed by atoms with E-state index in [0.29, 0.717) is 23.5 Å². The third-order valence-electron chi connectivity index (χ3n) is 7.77. The van der Waals surface area contributed by atoms with E-state index in [4.69, 9.17) is 9.47 Å². The molecular formula is C27H32O3. The molecule has 3 nitrogen and oxygen atoms in total. The second-order valence-corrected chi connectivity index (χ2v) is 10.2. The number of hydrogen-bond donors (Lipinski definition) is 0. The molecule has 0 unspecified atom stereocenters. The monoisotopic (exact) mass is 404 g/mol. The number of hydrogen-bond acceptors (Lipinski definition) is 3. The second kappa shape index (κ2) is 6.95. The Morgan fingerprint density at radius 3 is 2.67 bits per heavy atom. The normalized spacial score (nSPS) is 32.0. The third-order valence-corrected chi connectivity index (χ3v) is 7.77. The maximum Gasteiger partial charge on any atom is 0.338 e. The number of allylic oxidation sites excluding steroid dienone is 3. The van der Waals surface area contributed by atoms with Gasteiger partial charge in [0.1, 0.15) is 12.2 Å². The Balaban J connectivity index is 1.39. The highest BCUT2D eigenvalue weighted by molar-refractivity contribution is 5.89. The minimum absolute atomic E-state index is 0.0987. The van der Waals surface area contributed by atoms with Gasteiger partial charge in [0, 0.05) is 6.42 Å². The number of ether oxygens (including phenoxy) is 2. The number of esters is 1. The van der Waals surface area contributed by atoms with E-state index in [2.05, 4.69) is 32.9 Å². The summed E-state index contributed by atoms with van der Waals surface area (Å²) in [5, 5.41) is 0. The minimum atomic E-state index is -0.259. The lowest BCUT2D eigenvalue weighted by atomic mass is 9.64. The predicted octanol–water partition coefficient (Wildman–Crippen LogP) is 6.09. The Hall–Kier alpha value is -2.13. The first-order chi connectivity index (χ1) is 14.3. The summed E-state index contributed by atoms with van der Waals surface area (Å²) in [5.41, 5.74) is 7.71. The Kier molecular flexibility index (Phi) is 4.59. The van der Waals surface area contributed by atoms with Crippen LogP contribution in [0.25, 0.3) is 0 Å². The number of aryl methyl sites for hydroxylation is 1. The van der Waals surface area contributed by atoms with Gasteiger partial charge in [-0.1, -0.05) is 56.2 Å². The topological polar surface area (TPSA) is 38.8 Å². The van der Waals surface area contributed by atoms with Crippen molar-refractivity contribution in [2.75, 3.05) is 6.61 Å². The molecule has 0 bridgehead atoms. The van der Waals surface area contributed by atoms with Crippen molar-refractivity contribution in [3.05, 3.63) is 69.8 Å². The molecule has 1 heterocycles. The number of epoxide rings is 1. The molecule has 1 aromatic rings. The molecule has 1 saturated carbocycles. The SMILES string of the molecule is Cc1ccc(C(=O)OCC2=CC=C3C4=C(C(C)C)CC[C@]4(C)CC[C@]34O[C@H]4C2)cc1. The van der Waals surface area contributed by atoms with Crippen LogP contribution in [0.2, 0.25) is 0 Å². The van der Waals surface area contributed by atoms with Gasteiger partial charge in [-0.05, 0) is 72.8 Å². The molecular weight excluding hydrogens is 372 g/mol. The van der Waals surface area contributed by atoms with Crippen LogP contribution in [0.1, 0.15) is 68.8 Å². The Morgan fingerprint density at radius 1 is 1.17 bits per heavy atom. The van der Waals surface area contributed by atoms with Gasteiger partial charge in [0.15, 0.2) is 0 Å². The van der Waals surface area contributed by atoms with Crippen LogP contribution in [0.15, 0.2) is 58.7 Å². The predicted molar refractivity (Wildman–Crippen MR) is 118 cm³/mol. The zero-order chi connectivity index (χ0) is 21.1. The lowest BCUT2D eigenvalue weighted by Gasteiger charge is -2.39. The average molecular weight is 405 g/mol. The molecule has 0 aromatic heterocycles. The van der Waals surface area contributed by atoms with Crippen molar-refractivity contribution >= 4 is 5.97 Å². The Bertz CT molecular complexity index is 978. The maximum atomic E-state index is 12.4. The van der Waals surface area contributed by atoms with Crippen LogP contribution in [0.3, 0.4) is 0 Å². The molecule has 1 saturated heterocycles. The number of rotatable bonds is 4. The maximum absolute atomic E-state index is 12.4. The van der Waals surface area contributed by atoms with Crippen LogP contribution in [-0.4, -0.2) is 24.3 Å². The van der Waals surface area contributed by atoms with Gasteiger partial charge in [-0.2, -0.15) is 0 Å². The van der Waals surface area contributed by atoms with E-state index in [9.17, 15) is 4.79 Å². The van der Waals surface area contributed by atoms with E-state index in [1.165, 1.54) is 24.8 Å². The Morgan fingerprint density at radius 2 is 1.93 bits per heavy atom. The van der Waals surface area contributed by atoms with Crippen LogP contribution in [0.4, 0.5) is 0 Å². The fourth-order valence-electron chi connectivity index (χ4n) is 5.83. The number of carbonyl (C=O) groups is 1. The molecule has 0 amide bonds. The molecule has 1 aromatic carbocycles. The molecule has 3 heteroatoms. The smallest absolute Gasteiger partial charge is 0.338 e. The lowest BCUT2D eigenvalue weighted by molar-refractivity contribution is 0.0536. The van der Waals surface area contributed by atoms with Crippen molar-refractivity contribution in [1.29, 1.82) is 0 Å². The fraction of sp³-hybridized carbons (Fsp3) is 0.519. The van der Waals surface area contributed by atoms with E-state index in [1.807, 2.05) is 31.2 Å². The summed E-state index contributed by atoms with van der Waals surface area (Å²) in [6.07, 6.45) is 10.4. The summed E-state index contributed by atoms with van der Waals surface area (Å²) < 4.78 is 12.0. The second-order valence-electron chi connectivity index (χ2n) is 10.2. The van der Waals surface area contributed by atoms with Crippen molar-refractivity contribution in [2.45, 2.75) is 71.5 Å². The first-order valence-corrected chi connectivity index (χ1v) is 11.4. The summed E-state index contributed by atoms with van der Waals surface area (Å²) >= 11 is 0. The summed E-state index contributed by atoms with van der Waals surface area (Å²) in [4.78, 5) is 12.4. The van der Waals surface area contributed by atoms with Crippen LogP contribution < -0.4 is 0 Å². The summed E-state index contributed by atoms with van der Waals surface area (Å²) in [6, 6.07) is 7.54. The van der Waals surface area contributed by atoms with E-state index in [0.717, 1.165) is 24.0 Å². The third kappa shape index (κ3) is 3.10. The standard InChI is InChI=1S/C27H32O3/c1-17(2)21-11-12-26(4)13-14-27-22(24(21)26)10-7-19(15-23(27)30-27)16-29-25(28)20-8-5-18(3)6-9-20/h5-10,17,23H,11-16H2,1-4H3/t23-,26+,27-/m0/s1. The first-order valence-electron chi connectivity index (χ1n) is 11.4. The summed E-state index contributed by atoms with van der Waals surface area (Å²) in [6.45, 7) is 9.44. The van der Waals surface area contributed by atoms with Gasteiger partial charge in [-0.3, -0.25) is 0 Å². The Labute approximate surface area is 179 Å². The van der Waals surface area contributed by atoms with Crippen molar-refractivity contribution in [3.8, 4) is 0 Å². The zero-order valence-electron chi connectivity index (χ0n) is 18.6. The van der Waals surface area contributed by atoms with Gasteiger partial charge in [-0.25, -0.2) is 4.79 Å². The van der Waals surface area contributed by atoms with Crippen LogP contribution in [-0.2, 0) is 9.47 Å². The van der Waals surface area contributed by atoms with Gasteiger partial charge >= 0.3 is 5.97 Å². The largest absolute Gasteiger partial charge is 0.458 e. The molecule has 3 atom stereocenters. The number of carbonyl (C=O) groups excluding carboxylic acids is 1. The molecule has 1 aliphatic heterocycles. The minimum Gasteiger partial charge on any atom is -0.458 e. The first kappa shape index (κ1) is 19.8. The fourth-order valence-corrected chi connectivity index (χ4v) is 5.83. The summed E-state index contributed by atoms with van der Waals surface area (Å²) in [7, 11) is 0. The quantitative estimate of drug-likeness (QED) is 0.450. The van der Waals surface area contributed by atoms with Crippen molar-refractivity contribution in [2.24, 2.45) is 11.3 Å². The van der Waals surface area contributed by atoms with Gasteiger partial charge in [-0.15, -0.1) is 0 Å². The molecule has 5 rings (SSSR count). The van der Waals surface area contributed by atoms with Gasteiger partial charge in [0.2, 0.25) is 0 Å². The van der Waals surface area contributed by atoms with E-state index in [-0.39, 0.29) is 17.7 Å². The molecule has 2 fully saturated rings. The molecule has 1 spiro atoms.